The van der Waals surface area contributed by atoms with Crippen molar-refractivity contribution in [1.82, 2.24) is 5.32 Å². The lowest BCUT2D eigenvalue weighted by Crippen LogP contribution is -2.70. The van der Waals surface area contributed by atoms with E-state index in [0.29, 0.717) is 23.6 Å². The van der Waals surface area contributed by atoms with E-state index in [9.17, 15) is 0 Å². The number of rotatable bonds is 5. The molecule has 1 aliphatic heterocycles. The van der Waals surface area contributed by atoms with Crippen LogP contribution in [0.2, 0.25) is 0 Å². The molecule has 1 heterocycles. The fraction of sp³-hybridized carbons (Fsp3) is 1.00. The van der Waals surface area contributed by atoms with Crippen molar-refractivity contribution in [3.05, 3.63) is 0 Å². The average Bonchev–Trinajstić information content (AvgIpc) is 2.37. The van der Waals surface area contributed by atoms with E-state index in [1.165, 1.54) is 25.7 Å². The minimum absolute atomic E-state index is 0.311. The number of nitrogens with one attached hydrogen (secondary N) is 1. The van der Waals surface area contributed by atoms with Crippen molar-refractivity contribution in [3.8, 4) is 0 Å². The van der Waals surface area contributed by atoms with Gasteiger partial charge < -0.3 is 10.1 Å². The van der Waals surface area contributed by atoms with Crippen molar-refractivity contribution in [2.24, 2.45) is 17.3 Å². The molecule has 1 aliphatic carbocycles. The van der Waals surface area contributed by atoms with Gasteiger partial charge in [-0.2, -0.15) is 0 Å². The van der Waals surface area contributed by atoms with E-state index in [4.69, 9.17) is 4.74 Å². The van der Waals surface area contributed by atoms with Gasteiger partial charge in [0.2, 0.25) is 0 Å². The van der Waals surface area contributed by atoms with Gasteiger partial charge in [0.25, 0.3) is 0 Å². The van der Waals surface area contributed by atoms with Gasteiger partial charge in [-0.3, -0.25) is 0 Å². The zero-order valence-electron chi connectivity index (χ0n) is 12.8. The lowest BCUT2D eigenvalue weighted by molar-refractivity contribution is -0.195. The zero-order valence-corrected chi connectivity index (χ0v) is 12.8. The molecule has 2 heteroatoms. The molecular formula is C16H31NO. The molecule has 106 valence electrons. The fourth-order valence-electron chi connectivity index (χ4n) is 4.28. The Hall–Kier alpha value is -0.0800. The summed E-state index contributed by atoms with van der Waals surface area (Å²) in [6.45, 7) is 12.7. The zero-order chi connectivity index (χ0) is 13.3. The monoisotopic (exact) mass is 253 g/mol. The van der Waals surface area contributed by atoms with Crippen LogP contribution in [0.3, 0.4) is 0 Å². The Kier molecular flexibility index (Phi) is 4.38. The summed E-state index contributed by atoms with van der Waals surface area (Å²) in [6, 6.07) is 1.28. The molecule has 2 nitrogen and oxygen atoms in total. The van der Waals surface area contributed by atoms with Gasteiger partial charge >= 0.3 is 0 Å². The predicted octanol–water partition coefficient (Wildman–Crippen LogP) is 3.60. The molecule has 0 aromatic rings. The molecule has 0 aromatic heterocycles. The van der Waals surface area contributed by atoms with E-state index in [1.807, 2.05) is 0 Å². The van der Waals surface area contributed by atoms with Crippen LogP contribution in [-0.2, 0) is 4.74 Å². The van der Waals surface area contributed by atoms with Crippen molar-refractivity contribution in [2.75, 3.05) is 6.61 Å². The van der Waals surface area contributed by atoms with E-state index >= 15 is 0 Å². The standard InChI is InChI=1S/C16H31NO/c1-6-12(7-2)11(3)17-14-13-9-8-10-18-15(13)16(14,4)5/h11-15,17H,6-10H2,1-5H3. The number of hydrogen-bond acceptors (Lipinski definition) is 2. The first kappa shape index (κ1) is 14.3. The van der Waals surface area contributed by atoms with Crippen LogP contribution in [0.1, 0.15) is 60.3 Å². The van der Waals surface area contributed by atoms with Gasteiger partial charge in [0, 0.05) is 30.0 Å². The van der Waals surface area contributed by atoms with E-state index in [1.54, 1.807) is 0 Å². The van der Waals surface area contributed by atoms with Crippen molar-refractivity contribution < 1.29 is 4.74 Å². The smallest absolute Gasteiger partial charge is 0.0684 e. The van der Waals surface area contributed by atoms with Crippen LogP contribution in [0.15, 0.2) is 0 Å². The third-order valence-electron chi connectivity index (χ3n) is 5.53. The van der Waals surface area contributed by atoms with Gasteiger partial charge in [0.05, 0.1) is 6.10 Å². The molecule has 1 N–H and O–H groups in total. The molecular weight excluding hydrogens is 222 g/mol. The Labute approximate surface area is 113 Å². The van der Waals surface area contributed by atoms with Crippen molar-refractivity contribution in [2.45, 2.75) is 78.5 Å². The maximum Gasteiger partial charge on any atom is 0.0684 e. The SMILES string of the molecule is CCC(CC)C(C)NC1C2CCCOC2C1(C)C. The Morgan fingerprint density at radius 1 is 1.28 bits per heavy atom. The van der Waals surface area contributed by atoms with Crippen LogP contribution in [0, 0.1) is 17.3 Å². The van der Waals surface area contributed by atoms with Gasteiger partial charge in [-0.25, -0.2) is 0 Å². The van der Waals surface area contributed by atoms with E-state index in [-0.39, 0.29) is 0 Å². The molecule has 0 amide bonds. The molecule has 2 fully saturated rings. The molecule has 0 spiro atoms. The summed E-state index contributed by atoms with van der Waals surface area (Å²) in [6.07, 6.45) is 5.65. The van der Waals surface area contributed by atoms with Crippen molar-refractivity contribution >= 4 is 0 Å². The molecule has 18 heavy (non-hydrogen) atoms. The number of hydrogen-bond donors (Lipinski definition) is 1. The predicted molar refractivity (Wildman–Crippen MR) is 76.7 cm³/mol. The van der Waals surface area contributed by atoms with E-state index in [0.717, 1.165) is 18.4 Å². The lowest BCUT2D eigenvalue weighted by Gasteiger charge is -2.61. The number of ether oxygens (including phenoxy) is 1. The quantitative estimate of drug-likeness (QED) is 0.808. The van der Waals surface area contributed by atoms with Crippen LogP contribution in [0.25, 0.3) is 0 Å². The number of fused-ring (bicyclic) bond motifs is 1. The van der Waals surface area contributed by atoms with Crippen LogP contribution < -0.4 is 5.32 Å². The third-order valence-corrected chi connectivity index (χ3v) is 5.53. The largest absolute Gasteiger partial charge is 0.377 e. The minimum Gasteiger partial charge on any atom is -0.377 e. The van der Waals surface area contributed by atoms with Crippen LogP contribution in [0.5, 0.6) is 0 Å². The third kappa shape index (κ3) is 2.34. The van der Waals surface area contributed by atoms with Crippen LogP contribution in [0.4, 0.5) is 0 Å². The summed E-state index contributed by atoms with van der Waals surface area (Å²) in [5, 5.41) is 3.93. The van der Waals surface area contributed by atoms with Gasteiger partial charge in [-0.15, -0.1) is 0 Å². The first-order valence-electron chi connectivity index (χ1n) is 7.90. The summed E-state index contributed by atoms with van der Waals surface area (Å²) in [5.41, 5.74) is 0.311. The molecule has 0 radical (unpaired) electrons. The Balaban J connectivity index is 1.96. The second-order valence-electron chi connectivity index (χ2n) is 6.93. The minimum atomic E-state index is 0.311. The van der Waals surface area contributed by atoms with Crippen molar-refractivity contribution in [3.63, 3.8) is 0 Å². The maximum atomic E-state index is 5.98. The lowest BCUT2D eigenvalue weighted by atomic mass is 9.55. The first-order valence-corrected chi connectivity index (χ1v) is 7.90. The average molecular weight is 253 g/mol. The van der Waals surface area contributed by atoms with Gasteiger partial charge in [-0.1, -0.05) is 40.5 Å². The summed E-state index contributed by atoms with van der Waals surface area (Å²) >= 11 is 0. The summed E-state index contributed by atoms with van der Waals surface area (Å²) in [5.74, 6) is 1.56. The summed E-state index contributed by atoms with van der Waals surface area (Å²) in [7, 11) is 0. The summed E-state index contributed by atoms with van der Waals surface area (Å²) < 4.78 is 5.98. The first-order chi connectivity index (χ1) is 8.52. The van der Waals surface area contributed by atoms with Gasteiger partial charge in [0.15, 0.2) is 0 Å². The topological polar surface area (TPSA) is 21.3 Å². The molecule has 1 saturated carbocycles. The molecule has 0 aromatic carbocycles. The van der Waals surface area contributed by atoms with Crippen LogP contribution in [-0.4, -0.2) is 24.8 Å². The molecule has 2 rings (SSSR count). The Morgan fingerprint density at radius 2 is 1.94 bits per heavy atom. The summed E-state index contributed by atoms with van der Waals surface area (Å²) in [4.78, 5) is 0. The highest BCUT2D eigenvalue weighted by molar-refractivity contribution is 5.10. The highest BCUT2D eigenvalue weighted by Gasteiger charge is 2.57. The molecule has 1 saturated heterocycles. The molecule has 0 bridgehead atoms. The van der Waals surface area contributed by atoms with E-state index < -0.39 is 0 Å². The van der Waals surface area contributed by atoms with Gasteiger partial charge in [0.1, 0.15) is 0 Å². The molecule has 4 unspecified atom stereocenters. The molecule has 4 atom stereocenters. The van der Waals surface area contributed by atoms with Gasteiger partial charge in [-0.05, 0) is 25.7 Å². The Bertz CT molecular complexity index is 272. The normalized spacial score (nSPS) is 36.0. The highest BCUT2D eigenvalue weighted by Crippen LogP contribution is 2.51. The fourth-order valence-corrected chi connectivity index (χ4v) is 4.28. The second-order valence-corrected chi connectivity index (χ2v) is 6.93. The van der Waals surface area contributed by atoms with Crippen LogP contribution >= 0.6 is 0 Å². The Morgan fingerprint density at radius 3 is 2.56 bits per heavy atom. The van der Waals surface area contributed by atoms with E-state index in [2.05, 4.69) is 39.9 Å². The highest BCUT2D eigenvalue weighted by atomic mass is 16.5. The molecule has 2 aliphatic rings. The maximum absolute atomic E-state index is 5.98. The second kappa shape index (κ2) is 5.50. The van der Waals surface area contributed by atoms with Crippen molar-refractivity contribution in [1.29, 1.82) is 0 Å².